The van der Waals surface area contributed by atoms with Gasteiger partial charge in [-0.15, -0.1) is 0 Å². The van der Waals surface area contributed by atoms with E-state index in [1.54, 1.807) is 18.2 Å². The van der Waals surface area contributed by atoms with Crippen LogP contribution in [0.25, 0.3) is 22.2 Å². The van der Waals surface area contributed by atoms with Gasteiger partial charge < -0.3 is 5.73 Å². The van der Waals surface area contributed by atoms with Gasteiger partial charge in [-0.05, 0) is 18.2 Å². The lowest BCUT2D eigenvalue weighted by molar-refractivity contribution is -0.118. The summed E-state index contributed by atoms with van der Waals surface area (Å²) in [6.45, 7) is -0.223. The lowest BCUT2D eigenvalue weighted by atomic mass is 10.1. The Balaban J connectivity index is 2.38. The van der Waals surface area contributed by atoms with Crippen LogP contribution < -0.4 is 11.4 Å². The van der Waals surface area contributed by atoms with E-state index in [0.717, 1.165) is 5.56 Å². The van der Waals surface area contributed by atoms with E-state index in [9.17, 15) is 9.59 Å². The highest BCUT2D eigenvalue weighted by molar-refractivity contribution is 6.31. The van der Waals surface area contributed by atoms with Crippen molar-refractivity contribution in [2.75, 3.05) is 0 Å². The number of fused-ring (bicyclic) bond motifs is 1. The molecule has 0 saturated heterocycles. The van der Waals surface area contributed by atoms with Crippen LogP contribution in [0.3, 0.4) is 0 Å². The Bertz CT molecular complexity index is 920. The Morgan fingerprint density at radius 1 is 1.18 bits per heavy atom. The van der Waals surface area contributed by atoms with Crippen molar-refractivity contribution in [1.29, 1.82) is 0 Å². The predicted molar refractivity (Wildman–Crippen MR) is 85.6 cm³/mol. The van der Waals surface area contributed by atoms with Crippen LogP contribution in [0.4, 0.5) is 0 Å². The minimum Gasteiger partial charge on any atom is -0.368 e. The fourth-order valence-corrected chi connectivity index (χ4v) is 2.55. The minimum atomic E-state index is -0.604. The van der Waals surface area contributed by atoms with Crippen LogP contribution >= 0.6 is 11.6 Å². The number of carbonyl (C=O) groups excluding carboxylic acids is 1. The molecular formula is C16H12ClN3O2. The predicted octanol–water partition coefficient (Wildman–Crippen LogP) is 2.20. The average molecular weight is 314 g/mol. The summed E-state index contributed by atoms with van der Waals surface area (Å²) in [5.41, 5.74) is 6.60. The largest absolute Gasteiger partial charge is 0.368 e. The molecule has 0 bridgehead atoms. The van der Waals surface area contributed by atoms with Gasteiger partial charge in [0.05, 0.1) is 11.2 Å². The average Bonchev–Trinajstić information content (AvgIpc) is 2.50. The third-order valence-corrected chi connectivity index (χ3v) is 3.54. The van der Waals surface area contributed by atoms with Crippen LogP contribution in [-0.2, 0) is 11.3 Å². The van der Waals surface area contributed by atoms with Gasteiger partial charge in [0, 0.05) is 16.0 Å². The number of benzene rings is 2. The highest BCUT2D eigenvalue weighted by Gasteiger charge is 2.13. The Morgan fingerprint density at radius 3 is 2.59 bits per heavy atom. The Hall–Kier alpha value is -2.66. The Labute approximate surface area is 131 Å². The van der Waals surface area contributed by atoms with E-state index in [0.29, 0.717) is 21.6 Å². The van der Waals surface area contributed by atoms with Gasteiger partial charge in [0.2, 0.25) is 5.91 Å². The van der Waals surface area contributed by atoms with E-state index in [-0.39, 0.29) is 6.54 Å². The Morgan fingerprint density at radius 2 is 1.91 bits per heavy atom. The summed E-state index contributed by atoms with van der Waals surface area (Å²) in [5.74, 6) is -0.604. The molecule has 6 heteroatoms. The second-order valence-electron chi connectivity index (χ2n) is 4.82. The lowest BCUT2D eigenvalue weighted by Crippen LogP contribution is -2.30. The molecule has 1 aromatic heterocycles. The van der Waals surface area contributed by atoms with Crippen molar-refractivity contribution in [2.24, 2.45) is 5.73 Å². The van der Waals surface area contributed by atoms with E-state index in [1.807, 2.05) is 30.3 Å². The first-order valence-electron chi connectivity index (χ1n) is 6.60. The standard InChI is InChI=1S/C16H12ClN3O2/c17-11-6-7-13-12(8-11)15(10-4-2-1-3-5-10)19-16(22)20(13)9-14(18)21/h1-8H,9H2,(H2,18,21). The number of aromatic nitrogens is 2. The number of amides is 1. The van der Waals surface area contributed by atoms with Gasteiger partial charge in [-0.2, -0.15) is 4.98 Å². The van der Waals surface area contributed by atoms with Crippen molar-refractivity contribution in [1.82, 2.24) is 9.55 Å². The molecule has 5 nitrogen and oxygen atoms in total. The molecule has 3 rings (SSSR count). The number of primary amides is 1. The zero-order valence-corrected chi connectivity index (χ0v) is 12.2. The summed E-state index contributed by atoms with van der Waals surface area (Å²) < 4.78 is 1.25. The second kappa shape index (κ2) is 5.61. The van der Waals surface area contributed by atoms with Gasteiger partial charge in [-0.25, -0.2) is 4.79 Å². The van der Waals surface area contributed by atoms with Crippen molar-refractivity contribution < 1.29 is 4.79 Å². The smallest absolute Gasteiger partial charge is 0.349 e. The topological polar surface area (TPSA) is 78.0 Å². The molecule has 1 heterocycles. The van der Waals surface area contributed by atoms with Crippen molar-refractivity contribution in [3.05, 3.63) is 64.0 Å². The summed E-state index contributed by atoms with van der Waals surface area (Å²) >= 11 is 6.07. The normalized spacial score (nSPS) is 10.8. The van der Waals surface area contributed by atoms with E-state index in [2.05, 4.69) is 4.98 Å². The van der Waals surface area contributed by atoms with Gasteiger partial charge >= 0.3 is 5.69 Å². The van der Waals surface area contributed by atoms with Crippen molar-refractivity contribution >= 4 is 28.4 Å². The first-order chi connectivity index (χ1) is 10.6. The van der Waals surface area contributed by atoms with Crippen LogP contribution in [0, 0.1) is 0 Å². The van der Waals surface area contributed by atoms with Gasteiger partial charge in [-0.3, -0.25) is 9.36 Å². The molecule has 0 aliphatic carbocycles. The number of halogens is 1. The van der Waals surface area contributed by atoms with Crippen LogP contribution in [0.1, 0.15) is 0 Å². The molecule has 0 aliphatic rings. The SMILES string of the molecule is NC(=O)Cn1c(=O)nc(-c2ccccc2)c2cc(Cl)ccc21. The molecule has 3 aromatic rings. The highest BCUT2D eigenvalue weighted by Crippen LogP contribution is 2.27. The molecule has 0 spiro atoms. The first-order valence-corrected chi connectivity index (χ1v) is 6.98. The number of carbonyl (C=O) groups is 1. The van der Waals surface area contributed by atoms with E-state index in [4.69, 9.17) is 17.3 Å². The summed E-state index contributed by atoms with van der Waals surface area (Å²) in [6, 6.07) is 14.4. The maximum Gasteiger partial charge on any atom is 0.349 e. The summed E-state index contributed by atoms with van der Waals surface area (Å²) in [6.07, 6.45) is 0. The number of hydrogen-bond acceptors (Lipinski definition) is 3. The second-order valence-corrected chi connectivity index (χ2v) is 5.26. The molecule has 2 aromatic carbocycles. The lowest BCUT2D eigenvalue weighted by Gasteiger charge is -2.11. The van der Waals surface area contributed by atoms with E-state index < -0.39 is 11.6 Å². The maximum atomic E-state index is 12.3. The van der Waals surface area contributed by atoms with Crippen LogP contribution in [-0.4, -0.2) is 15.5 Å². The molecule has 22 heavy (non-hydrogen) atoms. The molecule has 0 atom stereocenters. The zero-order valence-electron chi connectivity index (χ0n) is 11.5. The molecule has 0 aliphatic heterocycles. The first kappa shape index (κ1) is 14.3. The highest BCUT2D eigenvalue weighted by atomic mass is 35.5. The third kappa shape index (κ3) is 2.58. The van der Waals surface area contributed by atoms with Crippen LogP contribution in [0.15, 0.2) is 53.3 Å². The number of hydrogen-bond donors (Lipinski definition) is 1. The van der Waals surface area contributed by atoms with Gasteiger partial charge in [0.25, 0.3) is 0 Å². The van der Waals surface area contributed by atoms with Crippen molar-refractivity contribution in [2.45, 2.75) is 6.54 Å². The van der Waals surface area contributed by atoms with Crippen LogP contribution in [0.5, 0.6) is 0 Å². The van der Waals surface area contributed by atoms with Gasteiger partial charge in [-0.1, -0.05) is 41.9 Å². The molecule has 1 amide bonds. The molecular weight excluding hydrogens is 302 g/mol. The Kier molecular flexibility index (Phi) is 3.65. The quantitative estimate of drug-likeness (QED) is 0.805. The summed E-state index contributed by atoms with van der Waals surface area (Å²) in [5, 5.41) is 1.22. The molecule has 0 saturated carbocycles. The molecule has 2 N–H and O–H groups in total. The third-order valence-electron chi connectivity index (χ3n) is 3.30. The monoisotopic (exact) mass is 313 g/mol. The molecule has 110 valence electrons. The molecule has 0 radical (unpaired) electrons. The number of rotatable bonds is 3. The van der Waals surface area contributed by atoms with Gasteiger partial charge in [0.1, 0.15) is 6.54 Å². The molecule has 0 unspecified atom stereocenters. The summed E-state index contributed by atoms with van der Waals surface area (Å²) in [7, 11) is 0. The van der Waals surface area contributed by atoms with E-state index >= 15 is 0 Å². The minimum absolute atomic E-state index is 0.223. The van der Waals surface area contributed by atoms with Crippen LogP contribution in [0.2, 0.25) is 5.02 Å². The number of nitrogens with zero attached hydrogens (tertiary/aromatic N) is 2. The fourth-order valence-electron chi connectivity index (χ4n) is 2.38. The number of nitrogens with two attached hydrogens (primary N) is 1. The van der Waals surface area contributed by atoms with Crippen molar-refractivity contribution in [3.63, 3.8) is 0 Å². The fraction of sp³-hybridized carbons (Fsp3) is 0.0625. The maximum absolute atomic E-state index is 12.3. The van der Waals surface area contributed by atoms with E-state index in [1.165, 1.54) is 4.57 Å². The molecule has 0 fully saturated rings. The van der Waals surface area contributed by atoms with Gasteiger partial charge in [0.15, 0.2) is 0 Å². The summed E-state index contributed by atoms with van der Waals surface area (Å²) in [4.78, 5) is 27.6. The zero-order chi connectivity index (χ0) is 15.7. The van der Waals surface area contributed by atoms with Crippen molar-refractivity contribution in [3.8, 4) is 11.3 Å².